The second-order valence-corrected chi connectivity index (χ2v) is 14.8. The van der Waals surface area contributed by atoms with Crippen LogP contribution in [0.4, 0.5) is 0 Å². The molecule has 2 aromatic heterocycles. The van der Waals surface area contributed by atoms with Crippen LogP contribution >= 0.6 is 0 Å². The van der Waals surface area contributed by atoms with Crippen LogP contribution in [0.15, 0.2) is 212 Å². The van der Waals surface area contributed by atoms with E-state index in [9.17, 15) is 0 Å². The zero-order chi connectivity index (χ0) is 38.4. The van der Waals surface area contributed by atoms with Gasteiger partial charge in [0.1, 0.15) is 0 Å². The maximum atomic E-state index is 5.23. The molecule has 3 nitrogen and oxygen atoms in total. The number of fused-ring (bicyclic) bond motifs is 5. The van der Waals surface area contributed by atoms with Gasteiger partial charge in [0.25, 0.3) is 0 Å². The fourth-order valence-electron chi connectivity index (χ4n) is 8.39. The highest BCUT2D eigenvalue weighted by molar-refractivity contribution is 6.14. The number of hydrogen-bond acceptors (Lipinski definition) is 3. The van der Waals surface area contributed by atoms with E-state index in [4.69, 9.17) is 15.0 Å². The van der Waals surface area contributed by atoms with Crippen molar-refractivity contribution < 1.29 is 0 Å². The molecule has 0 amide bonds. The minimum Gasteiger partial charge on any atom is -0.248 e. The van der Waals surface area contributed by atoms with Crippen LogP contribution in [0.2, 0.25) is 0 Å². The molecule has 0 N–H and O–H groups in total. The van der Waals surface area contributed by atoms with Gasteiger partial charge in [-0.1, -0.05) is 194 Å². The van der Waals surface area contributed by atoms with Gasteiger partial charge in [0.15, 0.2) is 5.82 Å². The van der Waals surface area contributed by atoms with Gasteiger partial charge in [0.2, 0.25) is 0 Å². The molecule has 270 valence electrons. The van der Waals surface area contributed by atoms with Crippen molar-refractivity contribution in [1.29, 1.82) is 0 Å². The minimum atomic E-state index is 0.711. The lowest BCUT2D eigenvalue weighted by molar-refractivity contribution is 1.19. The van der Waals surface area contributed by atoms with Gasteiger partial charge in [-0.25, -0.2) is 15.0 Å². The smallest absolute Gasteiger partial charge is 0.161 e. The van der Waals surface area contributed by atoms with E-state index >= 15 is 0 Å². The third-order valence-corrected chi connectivity index (χ3v) is 11.3. The topological polar surface area (TPSA) is 38.7 Å². The molecule has 0 spiro atoms. The highest BCUT2D eigenvalue weighted by Crippen LogP contribution is 2.38. The van der Waals surface area contributed by atoms with E-state index < -0.39 is 0 Å². The first-order chi connectivity index (χ1) is 28.7. The maximum Gasteiger partial charge on any atom is 0.161 e. The molecule has 0 unspecified atom stereocenters. The number of benzene rings is 9. The summed E-state index contributed by atoms with van der Waals surface area (Å²) < 4.78 is 0. The van der Waals surface area contributed by atoms with Crippen molar-refractivity contribution in [3.63, 3.8) is 0 Å². The normalized spacial score (nSPS) is 11.4. The Morgan fingerprint density at radius 1 is 0.259 bits per heavy atom. The number of nitrogens with zero attached hydrogens (tertiary/aromatic N) is 3. The van der Waals surface area contributed by atoms with Crippen molar-refractivity contribution in [2.45, 2.75) is 0 Å². The lowest BCUT2D eigenvalue weighted by atomic mass is 9.94. The Labute approximate surface area is 336 Å². The van der Waals surface area contributed by atoms with Crippen LogP contribution in [0, 0.1) is 0 Å². The molecule has 0 saturated carbocycles. The van der Waals surface area contributed by atoms with Gasteiger partial charge in [0, 0.05) is 27.6 Å². The van der Waals surface area contributed by atoms with Gasteiger partial charge in [-0.05, 0) is 72.8 Å². The summed E-state index contributed by atoms with van der Waals surface area (Å²) >= 11 is 0. The van der Waals surface area contributed by atoms with Crippen molar-refractivity contribution in [1.82, 2.24) is 15.0 Å². The van der Waals surface area contributed by atoms with Crippen LogP contribution in [0.1, 0.15) is 0 Å². The predicted octanol–water partition coefficient (Wildman–Crippen LogP) is 14.5. The molecular weight excluding hydrogens is 703 g/mol. The molecule has 0 bridgehead atoms. The zero-order valence-corrected chi connectivity index (χ0v) is 31.5. The Kier molecular flexibility index (Phi) is 8.15. The highest BCUT2D eigenvalue weighted by atomic mass is 14.9. The Bertz CT molecular complexity index is 3210. The van der Waals surface area contributed by atoms with Gasteiger partial charge < -0.3 is 0 Å². The first-order valence-corrected chi connectivity index (χ1v) is 19.7. The molecule has 0 aliphatic heterocycles. The van der Waals surface area contributed by atoms with Crippen LogP contribution in [-0.4, -0.2) is 15.0 Å². The van der Waals surface area contributed by atoms with Crippen molar-refractivity contribution in [2.24, 2.45) is 0 Å². The maximum absolute atomic E-state index is 5.23. The molecule has 0 fully saturated rings. The van der Waals surface area contributed by atoms with Crippen LogP contribution in [0.5, 0.6) is 0 Å². The first kappa shape index (κ1) is 33.6. The average Bonchev–Trinajstić information content (AvgIpc) is 3.31. The van der Waals surface area contributed by atoms with Crippen LogP contribution in [0.3, 0.4) is 0 Å². The number of hydrogen-bond donors (Lipinski definition) is 0. The van der Waals surface area contributed by atoms with Gasteiger partial charge >= 0.3 is 0 Å². The number of rotatable bonds is 6. The Balaban J connectivity index is 0.969. The molecule has 58 heavy (non-hydrogen) atoms. The van der Waals surface area contributed by atoms with Crippen molar-refractivity contribution in [3.8, 4) is 67.4 Å². The monoisotopic (exact) mass is 737 g/mol. The molecule has 0 aliphatic carbocycles. The van der Waals surface area contributed by atoms with Crippen molar-refractivity contribution in [2.75, 3.05) is 0 Å². The second-order valence-electron chi connectivity index (χ2n) is 14.8. The highest BCUT2D eigenvalue weighted by Gasteiger charge is 2.16. The largest absolute Gasteiger partial charge is 0.248 e. The van der Waals surface area contributed by atoms with Gasteiger partial charge in [-0.3, -0.25) is 0 Å². The molecule has 0 radical (unpaired) electrons. The molecular formula is C55H35N3. The summed E-state index contributed by atoms with van der Waals surface area (Å²) in [5, 5.41) is 8.26. The van der Waals surface area contributed by atoms with E-state index in [0.29, 0.717) is 5.82 Å². The molecule has 0 aliphatic rings. The lowest BCUT2D eigenvalue weighted by Gasteiger charge is -2.14. The zero-order valence-electron chi connectivity index (χ0n) is 31.5. The fraction of sp³-hybridized carbons (Fsp3) is 0. The van der Waals surface area contributed by atoms with Crippen LogP contribution in [0.25, 0.3) is 111 Å². The SMILES string of the molecule is c1ccc(-c2cc(-c3ccc(-c4ccc(-c5cc(-c6cccc7ccccc67)nc(-c6cccc7ccccc67)n5)cc4)cc3)nc3ccc4ccccc4c23)cc1. The number of aromatic nitrogens is 3. The summed E-state index contributed by atoms with van der Waals surface area (Å²) in [6, 6.07) is 75.1. The standard InChI is InChI=1S/C55H35N3/c1-2-12-40(13-3-1)49-34-51(56-50-33-32-41-16-6-9-21-46(41)54(49)50)42-28-24-36(25-29-42)37-26-30-43(31-27-37)52-35-53(47-22-10-17-38-14-4-7-19-44(38)47)58-55(57-52)48-23-11-18-39-15-5-8-20-45(39)48/h1-35H. The summed E-state index contributed by atoms with van der Waals surface area (Å²) in [4.78, 5) is 15.7. The quantitative estimate of drug-likeness (QED) is 0.160. The summed E-state index contributed by atoms with van der Waals surface area (Å²) in [6.45, 7) is 0. The summed E-state index contributed by atoms with van der Waals surface area (Å²) in [6.07, 6.45) is 0. The van der Waals surface area contributed by atoms with E-state index in [-0.39, 0.29) is 0 Å². The van der Waals surface area contributed by atoms with E-state index in [0.717, 1.165) is 66.8 Å². The van der Waals surface area contributed by atoms with Gasteiger partial charge in [-0.2, -0.15) is 0 Å². The fourth-order valence-corrected chi connectivity index (χ4v) is 8.39. The van der Waals surface area contributed by atoms with Crippen LogP contribution in [-0.2, 0) is 0 Å². The Hall–Kier alpha value is -7.75. The van der Waals surface area contributed by atoms with Crippen molar-refractivity contribution in [3.05, 3.63) is 212 Å². The average molecular weight is 738 g/mol. The molecule has 0 saturated heterocycles. The van der Waals surface area contributed by atoms with E-state index in [2.05, 4.69) is 212 Å². The summed E-state index contributed by atoms with van der Waals surface area (Å²) in [7, 11) is 0. The molecule has 11 rings (SSSR count). The van der Waals surface area contributed by atoms with E-state index in [1.54, 1.807) is 0 Å². The molecule has 2 heterocycles. The lowest BCUT2D eigenvalue weighted by Crippen LogP contribution is -1.97. The minimum absolute atomic E-state index is 0.711. The van der Waals surface area contributed by atoms with Gasteiger partial charge in [0.05, 0.1) is 22.6 Å². The number of pyridine rings is 1. The second kappa shape index (κ2) is 14.1. The molecule has 0 atom stereocenters. The van der Waals surface area contributed by atoms with E-state index in [1.165, 1.54) is 38.1 Å². The third-order valence-electron chi connectivity index (χ3n) is 11.3. The molecule has 3 heteroatoms. The molecule has 11 aromatic rings. The Morgan fingerprint density at radius 3 is 1.40 bits per heavy atom. The molecule has 9 aromatic carbocycles. The first-order valence-electron chi connectivity index (χ1n) is 19.7. The van der Waals surface area contributed by atoms with Gasteiger partial charge in [-0.15, -0.1) is 0 Å². The van der Waals surface area contributed by atoms with Crippen LogP contribution < -0.4 is 0 Å². The predicted molar refractivity (Wildman–Crippen MR) is 242 cm³/mol. The summed E-state index contributed by atoms with van der Waals surface area (Å²) in [5.41, 5.74) is 12.6. The van der Waals surface area contributed by atoms with E-state index in [1.807, 2.05) is 0 Å². The summed E-state index contributed by atoms with van der Waals surface area (Å²) in [5.74, 6) is 0.711. The van der Waals surface area contributed by atoms with Crippen molar-refractivity contribution >= 4 is 43.2 Å². The third kappa shape index (κ3) is 5.98. The Morgan fingerprint density at radius 2 is 0.741 bits per heavy atom.